The molecular weight excluding hydrogens is 599 g/mol. The molecule has 3 aromatic rings. The lowest BCUT2D eigenvalue weighted by atomic mass is 9.95. The van der Waals surface area contributed by atoms with Gasteiger partial charge in [0, 0.05) is 55.4 Å². The molecule has 1 aliphatic rings. The van der Waals surface area contributed by atoms with E-state index in [1.165, 1.54) is 6.07 Å². The van der Waals surface area contributed by atoms with E-state index in [0.717, 1.165) is 49.5 Å². The van der Waals surface area contributed by atoms with Gasteiger partial charge in [-0.25, -0.2) is 0 Å². The summed E-state index contributed by atoms with van der Waals surface area (Å²) in [5.74, 6) is 1.84. The van der Waals surface area contributed by atoms with Crippen molar-refractivity contribution in [1.82, 2.24) is 30.3 Å². The number of carbonyl (C=O) groups excluding carboxylic acids is 2. The number of amides is 2. The summed E-state index contributed by atoms with van der Waals surface area (Å²) in [4.78, 5) is 27.9. The van der Waals surface area contributed by atoms with E-state index in [1.54, 1.807) is 32.2 Å². The van der Waals surface area contributed by atoms with Crippen molar-refractivity contribution in [3.63, 3.8) is 0 Å². The molecule has 0 saturated carbocycles. The standard InChI is InChI=1S/C31H43N7O4S2/c1-4-33-31(42)29-36-35-28(25-17-24(20(2)3)26(39)18-27(25)40)38(29)23-7-5-21(6-8-23)19-37-13-9-22(10-14-37)30(41)34-12-16-44-43-15-11-32/h5-8,17-18,20,22,39-40H,4,9-16,19,32H2,1-3H3,(H,33,42)(H,34,41). The zero-order valence-corrected chi connectivity index (χ0v) is 27.2. The van der Waals surface area contributed by atoms with Crippen molar-refractivity contribution in [2.75, 3.05) is 44.2 Å². The van der Waals surface area contributed by atoms with Gasteiger partial charge in [0.15, 0.2) is 5.82 Å². The molecule has 0 atom stereocenters. The molecule has 2 aromatic carbocycles. The Hall–Kier alpha value is -3.26. The number of phenolic OH excluding ortho intramolecular Hbond substituents is 2. The van der Waals surface area contributed by atoms with E-state index in [0.29, 0.717) is 42.3 Å². The maximum atomic E-state index is 12.9. The molecule has 0 aliphatic carbocycles. The highest BCUT2D eigenvalue weighted by molar-refractivity contribution is 8.76. The average Bonchev–Trinajstić information content (AvgIpc) is 3.44. The zero-order chi connectivity index (χ0) is 31.6. The third-order valence-corrected chi connectivity index (χ3v) is 9.98. The maximum Gasteiger partial charge on any atom is 0.289 e. The molecule has 11 nitrogen and oxygen atoms in total. The molecule has 0 unspecified atom stereocenters. The van der Waals surface area contributed by atoms with Gasteiger partial charge in [0.05, 0.1) is 5.56 Å². The van der Waals surface area contributed by atoms with Crippen molar-refractivity contribution in [1.29, 1.82) is 0 Å². The summed E-state index contributed by atoms with van der Waals surface area (Å²) in [7, 11) is 3.48. The lowest BCUT2D eigenvalue weighted by molar-refractivity contribution is -0.126. The predicted octanol–water partition coefficient (Wildman–Crippen LogP) is 3.89. The van der Waals surface area contributed by atoms with Crippen LogP contribution in [-0.4, -0.2) is 85.9 Å². The van der Waals surface area contributed by atoms with E-state index in [9.17, 15) is 19.8 Å². The van der Waals surface area contributed by atoms with Crippen molar-refractivity contribution in [3.8, 4) is 28.6 Å². The molecular formula is C31H43N7O4S2. The number of hydrogen-bond acceptors (Lipinski definition) is 10. The Morgan fingerprint density at radius 3 is 2.39 bits per heavy atom. The third-order valence-electron chi connectivity index (χ3n) is 7.54. The van der Waals surface area contributed by atoms with E-state index in [2.05, 4.69) is 25.7 Å². The summed E-state index contributed by atoms with van der Waals surface area (Å²) in [5, 5.41) is 35.4. The molecule has 2 amide bonds. The Bertz CT molecular complexity index is 1410. The van der Waals surface area contributed by atoms with Gasteiger partial charge in [-0.3, -0.25) is 19.1 Å². The number of likely N-dealkylation sites (tertiary alicyclic amines) is 1. The van der Waals surface area contributed by atoms with Gasteiger partial charge in [0.1, 0.15) is 11.5 Å². The van der Waals surface area contributed by atoms with Crippen molar-refractivity contribution in [3.05, 3.63) is 53.3 Å². The maximum absolute atomic E-state index is 12.9. The molecule has 6 N–H and O–H groups in total. The van der Waals surface area contributed by atoms with Crippen LogP contribution >= 0.6 is 21.6 Å². The number of aromatic hydroxyl groups is 2. The minimum Gasteiger partial charge on any atom is -0.508 e. The van der Waals surface area contributed by atoms with Crippen LogP contribution in [0.25, 0.3) is 17.1 Å². The lowest BCUT2D eigenvalue weighted by Gasteiger charge is -2.31. The number of hydrogen-bond donors (Lipinski definition) is 5. The Labute approximate surface area is 266 Å². The summed E-state index contributed by atoms with van der Waals surface area (Å²) in [5.41, 5.74) is 8.30. The molecule has 0 bridgehead atoms. The van der Waals surface area contributed by atoms with Gasteiger partial charge in [-0.2, -0.15) is 0 Å². The normalized spacial score (nSPS) is 14.2. The summed E-state index contributed by atoms with van der Waals surface area (Å²) in [6.45, 7) is 9.92. The second-order valence-electron chi connectivity index (χ2n) is 11.1. The first-order valence-electron chi connectivity index (χ1n) is 15.1. The molecule has 1 aromatic heterocycles. The number of nitrogens with zero attached hydrogens (tertiary/aromatic N) is 4. The van der Waals surface area contributed by atoms with Crippen LogP contribution in [0.5, 0.6) is 11.5 Å². The average molecular weight is 642 g/mol. The number of rotatable bonds is 14. The fourth-order valence-electron chi connectivity index (χ4n) is 5.21. The number of nitrogens with two attached hydrogens (primary N) is 1. The van der Waals surface area contributed by atoms with Crippen molar-refractivity contribution < 1.29 is 19.8 Å². The molecule has 238 valence electrons. The SMILES string of the molecule is CCNC(=O)c1nnc(-c2cc(C(C)C)c(O)cc2O)n1-c1ccc(CN2CCC(C(=O)NCCSSCCN)CC2)cc1. The van der Waals surface area contributed by atoms with E-state index in [-0.39, 0.29) is 41.0 Å². The number of aromatic nitrogens is 3. The van der Waals surface area contributed by atoms with E-state index in [4.69, 9.17) is 5.73 Å². The number of phenols is 2. The van der Waals surface area contributed by atoms with Crippen LogP contribution in [0.15, 0.2) is 36.4 Å². The fraction of sp³-hybridized carbons (Fsp3) is 0.484. The first-order chi connectivity index (χ1) is 21.2. The number of benzene rings is 2. The Morgan fingerprint density at radius 1 is 1.02 bits per heavy atom. The summed E-state index contributed by atoms with van der Waals surface area (Å²) in [6.07, 6.45) is 1.65. The van der Waals surface area contributed by atoms with Gasteiger partial charge in [-0.05, 0) is 68.1 Å². The third kappa shape index (κ3) is 8.46. The first-order valence-corrected chi connectivity index (χ1v) is 17.6. The minimum absolute atomic E-state index is 0.00201. The van der Waals surface area contributed by atoms with E-state index in [1.807, 2.05) is 45.0 Å². The van der Waals surface area contributed by atoms with E-state index < -0.39 is 0 Å². The van der Waals surface area contributed by atoms with Gasteiger partial charge in [-0.1, -0.05) is 47.6 Å². The lowest BCUT2D eigenvalue weighted by Crippen LogP contribution is -2.40. The second-order valence-corrected chi connectivity index (χ2v) is 13.8. The van der Waals surface area contributed by atoms with Crippen LogP contribution in [0.3, 0.4) is 0 Å². The highest BCUT2D eigenvalue weighted by Gasteiger charge is 2.26. The second kappa shape index (κ2) is 16.2. The number of carbonyl (C=O) groups is 2. The van der Waals surface area contributed by atoms with Gasteiger partial charge < -0.3 is 26.6 Å². The van der Waals surface area contributed by atoms with Crippen LogP contribution in [-0.2, 0) is 11.3 Å². The summed E-state index contributed by atoms with van der Waals surface area (Å²) < 4.78 is 1.63. The van der Waals surface area contributed by atoms with Gasteiger partial charge in [0.25, 0.3) is 5.91 Å². The molecule has 1 aliphatic heterocycles. The Kier molecular flexibility index (Phi) is 12.4. The zero-order valence-electron chi connectivity index (χ0n) is 25.6. The smallest absolute Gasteiger partial charge is 0.289 e. The summed E-state index contributed by atoms with van der Waals surface area (Å²) >= 11 is 0. The molecule has 4 rings (SSSR count). The highest BCUT2D eigenvalue weighted by atomic mass is 33.1. The molecule has 44 heavy (non-hydrogen) atoms. The molecule has 2 heterocycles. The van der Waals surface area contributed by atoms with Crippen LogP contribution < -0.4 is 16.4 Å². The quantitative estimate of drug-likeness (QED) is 0.129. The largest absolute Gasteiger partial charge is 0.508 e. The molecule has 1 saturated heterocycles. The Balaban J connectivity index is 1.45. The first kappa shape index (κ1) is 33.6. The van der Waals surface area contributed by atoms with Crippen LogP contribution in [0.2, 0.25) is 0 Å². The molecule has 0 spiro atoms. The van der Waals surface area contributed by atoms with Gasteiger partial charge >= 0.3 is 0 Å². The fourth-order valence-corrected chi connectivity index (χ4v) is 6.98. The van der Waals surface area contributed by atoms with Crippen LogP contribution in [0.4, 0.5) is 0 Å². The number of nitrogens with one attached hydrogen (secondary N) is 2. The molecule has 0 radical (unpaired) electrons. The Morgan fingerprint density at radius 2 is 1.73 bits per heavy atom. The topological polar surface area (TPSA) is 159 Å². The highest BCUT2D eigenvalue weighted by Crippen LogP contribution is 2.38. The molecule has 13 heteroatoms. The minimum atomic E-state index is -0.381. The van der Waals surface area contributed by atoms with Crippen molar-refractivity contribution >= 4 is 33.4 Å². The molecule has 1 fully saturated rings. The van der Waals surface area contributed by atoms with Crippen LogP contribution in [0, 0.1) is 5.92 Å². The predicted molar refractivity (Wildman–Crippen MR) is 177 cm³/mol. The summed E-state index contributed by atoms with van der Waals surface area (Å²) in [6, 6.07) is 10.8. The van der Waals surface area contributed by atoms with Crippen LogP contribution in [0.1, 0.15) is 61.3 Å². The van der Waals surface area contributed by atoms with E-state index >= 15 is 0 Å². The van der Waals surface area contributed by atoms with Gasteiger partial charge in [0.2, 0.25) is 11.7 Å². The van der Waals surface area contributed by atoms with Gasteiger partial charge in [-0.15, -0.1) is 10.2 Å². The van der Waals surface area contributed by atoms with Crippen molar-refractivity contribution in [2.45, 2.75) is 46.1 Å². The number of piperidine rings is 1. The van der Waals surface area contributed by atoms with Crippen molar-refractivity contribution in [2.24, 2.45) is 11.7 Å². The monoisotopic (exact) mass is 641 g/mol.